The molecule has 1 aliphatic carbocycles. The largest absolute Gasteiger partial charge is 0.480 e. The molecule has 6 nitrogen and oxygen atoms in total. The van der Waals surface area contributed by atoms with E-state index in [1.165, 1.54) is 5.56 Å². The molecule has 2 saturated heterocycles. The Bertz CT molecular complexity index is 651. The van der Waals surface area contributed by atoms with Crippen LogP contribution in [0.3, 0.4) is 0 Å². The quantitative estimate of drug-likeness (QED) is 0.900. The Morgan fingerprint density at radius 2 is 1.84 bits per heavy atom. The zero-order valence-electron chi connectivity index (χ0n) is 14.3. The van der Waals surface area contributed by atoms with Gasteiger partial charge in [-0.3, -0.25) is 14.6 Å². The highest BCUT2D eigenvalue weighted by Crippen LogP contribution is 2.42. The Kier molecular flexibility index (Phi) is 4.25. The maximum absolute atomic E-state index is 12.7. The predicted octanol–water partition coefficient (Wildman–Crippen LogP) is 1.70. The molecule has 2 aliphatic heterocycles. The van der Waals surface area contributed by atoms with Crippen LogP contribution in [0.25, 0.3) is 0 Å². The normalized spacial score (nSPS) is 26.1. The average Bonchev–Trinajstić information content (AvgIpc) is 3.40. The molecule has 25 heavy (non-hydrogen) atoms. The second-order valence-electron chi connectivity index (χ2n) is 7.36. The summed E-state index contributed by atoms with van der Waals surface area (Å²) in [5.74, 6) is -0.984. The van der Waals surface area contributed by atoms with Gasteiger partial charge in [-0.1, -0.05) is 30.3 Å². The van der Waals surface area contributed by atoms with Crippen LogP contribution in [-0.4, -0.2) is 58.2 Å². The molecule has 4 rings (SSSR count). The van der Waals surface area contributed by atoms with Crippen LogP contribution in [0.15, 0.2) is 30.3 Å². The van der Waals surface area contributed by atoms with Gasteiger partial charge in [-0.25, -0.2) is 4.79 Å². The van der Waals surface area contributed by atoms with Crippen LogP contribution in [0.5, 0.6) is 0 Å². The van der Waals surface area contributed by atoms with Crippen LogP contribution in [0.4, 0.5) is 0 Å². The summed E-state index contributed by atoms with van der Waals surface area (Å²) in [4.78, 5) is 28.3. The van der Waals surface area contributed by atoms with Crippen molar-refractivity contribution in [3.8, 4) is 0 Å². The number of amides is 1. The molecule has 3 fully saturated rings. The molecule has 6 heteroatoms. The Morgan fingerprint density at radius 1 is 1.16 bits per heavy atom. The number of likely N-dealkylation sites (tertiary alicyclic amines) is 1. The molecule has 1 saturated carbocycles. The van der Waals surface area contributed by atoms with Crippen LogP contribution in [0.2, 0.25) is 0 Å². The fourth-order valence-corrected chi connectivity index (χ4v) is 4.01. The summed E-state index contributed by atoms with van der Waals surface area (Å²) in [6.07, 6.45) is 3.08. The third-order valence-electron chi connectivity index (χ3n) is 5.60. The van der Waals surface area contributed by atoms with Gasteiger partial charge < -0.3 is 9.84 Å². The summed E-state index contributed by atoms with van der Waals surface area (Å²) in [6, 6.07) is 9.46. The van der Waals surface area contributed by atoms with E-state index in [-0.39, 0.29) is 18.4 Å². The van der Waals surface area contributed by atoms with Crippen molar-refractivity contribution in [1.29, 1.82) is 0 Å². The fraction of sp³-hybridized carbons (Fsp3) is 0.579. The maximum Gasteiger partial charge on any atom is 0.328 e. The number of carboxylic acids is 1. The molecular weight excluding hydrogens is 320 g/mol. The minimum absolute atomic E-state index is 0.00257. The van der Waals surface area contributed by atoms with Crippen molar-refractivity contribution in [2.75, 3.05) is 19.7 Å². The summed E-state index contributed by atoms with van der Waals surface area (Å²) in [7, 11) is 0. The smallest absolute Gasteiger partial charge is 0.328 e. The topological polar surface area (TPSA) is 70.1 Å². The van der Waals surface area contributed by atoms with Crippen molar-refractivity contribution in [1.82, 2.24) is 9.80 Å². The molecule has 2 heterocycles. The van der Waals surface area contributed by atoms with Gasteiger partial charge in [-0.2, -0.15) is 0 Å². The van der Waals surface area contributed by atoms with E-state index in [1.807, 2.05) is 18.2 Å². The number of hydrogen-bond acceptors (Lipinski definition) is 4. The fourth-order valence-electron chi connectivity index (χ4n) is 4.01. The van der Waals surface area contributed by atoms with E-state index in [0.29, 0.717) is 12.8 Å². The zero-order valence-corrected chi connectivity index (χ0v) is 14.3. The molecular formula is C19H24N2O4. The first-order valence-corrected chi connectivity index (χ1v) is 9.05. The molecule has 134 valence electrons. The standard InChI is InChI=1S/C19H24N2O4/c22-17(15-6-7-15)21-16(18(23)24)13-25-19(21)8-10-20(11-9-19)12-14-4-2-1-3-5-14/h1-5,15-16H,6-13H2,(H,23,24)/t16-/m0/s1. The number of carbonyl (C=O) groups excluding carboxylic acids is 1. The van der Waals surface area contributed by atoms with Crippen molar-refractivity contribution in [3.05, 3.63) is 35.9 Å². The van der Waals surface area contributed by atoms with Gasteiger partial charge in [0.1, 0.15) is 5.72 Å². The van der Waals surface area contributed by atoms with E-state index in [4.69, 9.17) is 4.74 Å². The Hall–Kier alpha value is -1.92. The number of rotatable bonds is 4. The summed E-state index contributed by atoms with van der Waals surface area (Å²) in [6.45, 7) is 2.58. The molecule has 0 unspecified atom stereocenters. The number of carbonyl (C=O) groups is 2. The van der Waals surface area contributed by atoms with Crippen molar-refractivity contribution in [3.63, 3.8) is 0 Å². The van der Waals surface area contributed by atoms with Gasteiger partial charge in [-0.05, 0) is 18.4 Å². The highest BCUT2D eigenvalue weighted by Gasteiger charge is 2.55. The summed E-state index contributed by atoms with van der Waals surface area (Å²) >= 11 is 0. The highest BCUT2D eigenvalue weighted by atomic mass is 16.5. The zero-order chi connectivity index (χ0) is 17.4. The SMILES string of the molecule is O=C(O)[C@@H]1COC2(CCN(Cc3ccccc3)CC2)N1C(=O)C1CC1. The number of nitrogens with zero attached hydrogens (tertiary/aromatic N) is 2. The molecule has 1 aromatic rings. The molecule has 1 amide bonds. The van der Waals surface area contributed by atoms with Crippen LogP contribution in [0.1, 0.15) is 31.2 Å². The highest BCUT2D eigenvalue weighted by molar-refractivity contribution is 5.87. The Morgan fingerprint density at radius 3 is 2.44 bits per heavy atom. The Balaban J connectivity index is 1.46. The lowest BCUT2D eigenvalue weighted by molar-refractivity contribution is -0.167. The first-order valence-electron chi connectivity index (χ1n) is 9.05. The minimum Gasteiger partial charge on any atom is -0.480 e. The molecule has 0 radical (unpaired) electrons. The molecule has 3 aliphatic rings. The van der Waals surface area contributed by atoms with E-state index in [0.717, 1.165) is 32.5 Å². The molecule has 1 N–H and O–H groups in total. The number of hydrogen-bond donors (Lipinski definition) is 1. The molecule has 0 aromatic heterocycles. The second-order valence-corrected chi connectivity index (χ2v) is 7.36. The summed E-state index contributed by atoms with van der Waals surface area (Å²) in [5, 5.41) is 9.51. The van der Waals surface area contributed by atoms with Gasteiger partial charge in [0, 0.05) is 38.4 Å². The van der Waals surface area contributed by atoms with E-state index in [2.05, 4.69) is 17.0 Å². The summed E-state index contributed by atoms with van der Waals surface area (Å²) < 4.78 is 5.96. The van der Waals surface area contributed by atoms with Crippen molar-refractivity contribution in [2.24, 2.45) is 5.92 Å². The van der Waals surface area contributed by atoms with Gasteiger partial charge in [0.25, 0.3) is 0 Å². The lowest BCUT2D eigenvalue weighted by Gasteiger charge is -2.44. The van der Waals surface area contributed by atoms with Crippen molar-refractivity contribution in [2.45, 2.75) is 44.0 Å². The van der Waals surface area contributed by atoms with Gasteiger partial charge in [0.2, 0.25) is 5.91 Å². The maximum atomic E-state index is 12.7. The minimum atomic E-state index is -0.961. The first-order chi connectivity index (χ1) is 12.1. The van der Waals surface area contributed by atoms with Gasteiger partial charge >= 0.3 is 5.97 Å². The molecule has 1 spiro atoms. The van der Waals surface area contributed by atoms with Crippen molar-refractivity contribution < 1.29 is 19.4 Å². The average molecular weight is 344 g/mol. The van der Waals surface area contributed by atoms with Crippen LogP contribution >= 0.6 is 0 Å². The van der Waals surface area contributed by atoms with Crippen LogP contribution in [0, 0.1) is 5.92 Å². The monoisotopic (exact) mass is 344 g/mol. The lowest BCUT2D eigenvalue weighted by Crippen LogP contribution is -2.58. The van der Waals surface area contributed by atoms with E-state index < -0.39 is 17.7 Å². The third-order valence-corrected chi connectivity index (χ3v) is 5.60. The number of carboxylic acid groups (broad SMARTS) is 1. The first kappa shape index (κ1) is 16.5. The van der Waals surface area contributed by atoms with Crippen LogP contribution < -0.4 is 0 Å². The van der Waals surface area contributed by atoms with Gasteiger partial charge in [-0.15, -0.1) is 0 Å². The van der Waals surface area contributed by atoms with Gasteiger partial charge in [0.15, 0.2) is 6.04 Å². The van der Waals surface area contributed by atoms with Crippen LogP contribution in [-0.2, 0) is 20.9 Å². The molecule has 1 aromatic carbocycles. The number of ether oxygens (including phenoxy) is 1. The van der Waals surface area contributed by atoms with E-state index in [1.54, 1.807) is 4.90 Å². The van der Waals surface area contributed by atoms with Crippen molar-refractivity contribution >= 4 is 11.9 Å². The Labute approximate surface area is 147 Å². The summed E-state index contributed by atoms with van der Waals surface area (Å²) in [5.41, 5.74) is 0.538. The molecule has 1 atom stereocenters. The van der Waals surface area contributed by atoms with Gasteiger partial charge in [0.05, 0.1) is 6.61 Å². The lowest BCUT2D eigenvalue weighted by atomic mass is 9.96. The second kappa shape index (κ2) is 6.42. The van der Waals surface area contributed by atoms with E-state index in [9.17, 15) is 14.7 Å². The number of benzene rings is 1. The number of piperidine rings is 1. The number of aliphatic carboxylic acids is 1. The molecule has 0 bridgehead atoms. The third kappa shape index (κ3) is 3.16. The van der Waals surface area contributed by atoms with E-state index >= 15 is 0 Å². The predicted molar refractivity (Wildman–Crippen MR) is 90.6 cm³/mol.